The molecule has 2 aromatic rings. The van der Waals surface area contributed by atoms with Crippen molar-refractivity contribution in [2.24, 2.45) is 0 Å². The maximum absolute atomic E-state index is 12.6. The van der Waals surface area contributed by atoms with Crippen LogP contribution in [0.1, 0.15) is 35.3 Å². The number of carbonyl (C=O) groups is 3. The summed E-state index contributed by atoms with van der Waals surface area (Å²) in [6.45, 7) is 5.29. The second-order valence-corrected chi connectivity index (χ2v) is 5.85. The molecule has 2 rings (SSSR count). The highest BCUT2D eigenvalue weighted by Gasteiger charge is 2.13. The Morgan fingerprint density at radius 1 is 1.04 bits per heavy atom. The standard InChI is InChI=1S/C21H22N2O4/c1-4-27-21(26)16-9-11-18(12-10-16)23-20(25)19(22-15(3)24)13-17-8-6-5-7-14(17)2/h5-13H,4H2,1-3H3,(H,22,24)(H,23,25). The molecule has 0 aromatic heterocycles. The van der Waals surface area contributed by atoms with Gasteiger partial charge in [0, 0.05) is 12.6 Å². The van der Waals surface area contributed by atoms with Crippen LogP contribution in [0.25, 0.3) is 6.08 Å². The first kappa shape index (κ1) is 19.9. The molecule has 6 heteroatoms. The summed E-state index contributed by atoms with van der Waals surface area (Å²) in [6, 6.07) is 13.9. The van der Waals surface area contributed by atoms with Crippen LogP contribution >= 0.6 is 0 Å². The largest absolute Gasteiger partial charge is 0.462 e. The van der Waals surface area contributed by atoms with Crippen LogP contribution in [0.15, 0.2) is 54.2 Å². The van der Waals surface area contributed by atoms with Gasteiger partial charge in [0.15, 0.2) is 0 Å². The van der Waals surface area contributed by atoms with Crippen LogP contribution in [-0.2, 0) is 14.3 Å². The van der Waals surface area contributed by atoms with Crippen LogP contribution < -0.4 is 10.6 Å². The van der Waals surface area contributed by atoms with Gasteiger partial charge in [0.1, 0.15) is 5.70 Å². The van der Waals surface area contributed by atoms with Gasteiger partial charge in [-0.2, -0.15) is 0 Å². The fourth-order valence-corrected chi connectivity index (χ4v) is 2.35. The summed E-state index contributed by atoms with van der Waals surface area (Å²) in [5, 5.41) is 5.27. The number of ether oxygens (including phenoxy) is 1. The van der Waals surface area contributed by atoms with E-state index in [0.29, 0.717) is 17.9 Å². The second-order valence-electron chi connectivity index (χ2n) is 5.85. The van der Waals surface area contributed by atoms with Gasteiger partial charge < -0.3 is 15.4 Å². The summed E-state index contributed by atoms with van der Waals surface area (Å²) in [5.74, 6) is -1.23. The number of amides is 2. The quantitative estimate of drug-likeness (QED) is 0.607. The van der Waals surface area contributed by atoms with Crippen LogP contribution in [0.5, 0.6) is 0 Å². The van der Waals surface area contributed by atoms with E-state index in [1.54, 1.807) is 37.3 Å². The molecule has 2 amide bonds. The van der Waals surface area contributed by atoms with Crippen molar-refractivity contribution in [3.8, 4) is 0 Å². The van der Waals surface area contributed by atoms with Crippen LogP contribution in [-0.4, -0.2) is 24.4 Å². The first-order valence-corrected chi connectivity index (χ1v) is 8.54. The minimum absolute atomic E-state index is 0.131. The Morgan fingerprint density at radius 3 is 2.30 bits per heavy atom. The lowest BCUT2D eigenvalue weighted by atomic mass is 10.1. The van der Waals surface area contributed by atoms with Gasteiger partial charge in [0.25, 0.3) is 5.91 Å². The molecule has 0 aliphatic heterocycles. The molecule has 0 saturated heterocycles. The van der Waals surface area contributed by atoms with Crippen molar-refractivity contribution < 1.29 is 19.1 Å². The zero-order valence-corrected chi connectivity index (χ0v) is 15.5. The van der Waals surface area contributed by atoms with Gasteiger partial charge in [-0.15, -0.1) is 0 Å². The van der Waals surface area contributed by atoms with E-state index in [1.165, 1.54) is 6.92 Å². The summed E-state index contributed by atoms with van der Waals surface area (Å²) in [6.07, 6.45) is 1.62. The molecular formula is C21H22N2O4. The third kappa shape index (κ3) is 5.81. The molecule has 0 spiro atoms. The van der Waals surface area contributed by atoms with E-state index in [9.17, 15) is 14.4 Å². The Labute approximate surface area is 158 Å². The van der Waals surface area contributed by atoms with Crippen molar-refractivity contribution in [3.63, 3.8) is 0 Å². The smallest absolute Gasteiger partial charge is 0.338 e. The molecule has 0 aliphatic carbocycles. The average molecular weight is 366 g/mol. The van der Waals surface area contributed by atoms with Gasteiger partial charge >= 0.3 is 5.97 Å². The summed E-state index contributed by atoms with van der Waals surface area (Å²) >= 11 is 0. The summed E-state index contributed by atoms with van der Waals surface area (Å²) in [7, 11) is 0. The molecule has 0 bridgehead atoms. The lowest BCUT2D eigenvalue weighted by Crippen LogP contribution is -2.29. The van der Waals surface area contributed by atoms with E-state index in [1.807, 2.05) is 31.2 Å². The average Bonchev–Trinajstić information content (AvgIpc) is 2.63. The van der Waals surface area contributed by atoms with Gasteiger partial charge in [0.2, 0.25) is 5.91 Å². The molecule has 140 valence electrons. The number of anilines is 1. The SMILES string of the molecule is CCOC(=O)c1ccc(NC(=O)C(=Cc2ccccc2C)NC(C)=O)cc1. The number of benzene rings is 2. The fourth-order valence-electron chi connectivity index (χ4n) is 2.35. The number of rotatable bonds is 6. The van der Waals surface area contributed by atoms with Crippen molar-refractivity contribution >= 4 is 29.5 Å². The van der Waals surface area contributed by atoms with Gasteiger partial charge in [-0.1, -0.05) is 24.3 Å². The Kier molecular flexibility index (Phi) is 6.88. The Balaban J connectivity index is 2.20. The molecule has 2 aromatic carbocycles. The highest BCUT2D eigenvalue weighted by molar-refractivity contribution is 6.08. The minimum Gasteiger partial charge on any atom is -0.462 e. The normalized spacial score (nSPS) is 10.9. The third-order valence-corrected chi connectivity index (χ3v) is 3.70. The lowest BCUT2D eigenvalue weighted by Gasteiger charge is -2.11. The van der Waals surface area contributed by atoms with Crippen molar-refractivity contribution in [1.29, 1.82) is 0 Å². The maximum atomic E-state index is 12.6. The van der Waals surface area contributed by atoms with E-state index in [0.717, 1.165) is 11.1 Å². The molecular weight excluding hydrogens is 344 g/mol. The third-order valence-electron chi connectivity index (χ3n) is 3.70. The van der Waals surface area contributed by atoms with Crippen LogP contribution in [0.3, 0.4) is 0 Å². The monoisotopic (exact) mass is 366 g/mol. The van der Waals surface area contributed by atoms with Gasteiger partial charge in [0.05, 0.1) is 12.2 Å². The fraction of sp³-hybridized carbons (Fsp3) is 0.190. The van der Waals surface area contributed by atoms with E-state index in [-0.39, 0.29) is 11.6 Å². The van der Waals surface area contributed by atoms with Crippen molar-refractivity contribution in [3.05, 3.63) is 70.9 Å². The minimum atomic E-state index is -0.461. The molecule has 27 heavy (non-hydrogen) atoms. The topological polar surface area (TPSA) is 84.5 Å². The number of aryl methyl sites for hydroxylation is 1. The number of carbonyl (C=O) groups excluding carboxylic acids is 3. The van der Waals surface area contributed by atoms with E-state index >= 15 is 0 Å². The number of hydrogen-bond acceptors (Lipinski definition) is 4. The van der Waals surface area contributed by atoms with Crippen LogP contribution in [0.4, 0.5) is 5.69 Å². The summed E-state index contributed by atoms with van der Waals surface area (Å²) < 4.78 is 4.93. The highest BCUT2D eigenvalue weighted by Crippen LogP contribution is 2.14. The number of nitrogens with one attached hydrogen (secondary N) is 2. The number of hydrogen-bond donors (Lipinski definition) is 2. The first-order valence-electron chi connectivity index (χ1n) is 8.54. The van der Waals surface area contributed by atoms with Crippen LogP contribution in [0.2, 0.25) is 0 Å². The molecule has 0 fully saturated rings. The van der Waals surface area contributed by atoms with Gasteiger partial charge in [-0.25, -0.2) is 4.79 Å². The maximum Gasteiger partial charge on any atom is 0.338 e. The summed E-state index contributed by atoms with van der Waals surface area (Å²) in [4.78, 5) is 35.8. The van der Waals surface area contributed by atoms with Crippen LogP contribution in [0, 0.1) is 6.92 Å². The van der Waals surface area contributed by atoms with Gasteiger partial charge in [-0.3, -0.25) is 9.59 Å². The molecule has 0 unspecified atom stereocenters. The van der Waals surface area contributed by atoms with Crippen molar-refractivity contribution in [2.75, 3.05) is 11.9 Å². The summed E-state index contributed by atoms with van der Waals surface area (Å²) in [5.41, 5.74) is 2.83. The molecule has 2 N–H and O–H groups in total. The Morgan fingerprint density at radius 2 is 1.70 bits per heavy atom. The zero-order chi connectivity index (χ0) is 19.8. The predicted molar refractivity (Wildman–Crippen MR) is 104 cm³/mol. The molecule has 6 nitrogen and oxygen atoms in total. The molecule has 0 saturated carbocycles. The van der Waals surface area contributed by atoms with Crippen molar-refractivity contribution in [2.45, 2.75) is 20.8 Å². The zero-order valence-electron chi connectivity index (χ0n) is 15.5. The molecule has 0 radical (unpaired) electrons. The molecule has 0 aliphatic rings. The highest BCUT2D eigenvalue weighted by atomic mass is 16.5. The van der Waals surface area contributed by atoms with E-state index in [2.05, 4.69) is 10.6 Å². The molecule has 0 atom stereocenters. The van der Waals surface area contributed by atoms with Crippen molar-refractivity contribution in [1.82, 2.24) is 5.32 Å². The van der Waals surface area contributed by atoms with E-state index < -0.39 is 11.9 Å². The Bertz CT molecular complexity index is 870. The molecule has 0 heterocycles. The van der Waals surface area contributed by atoms with E-state index in [4.69, 9.17) is 4.74 Å². The Hall–Kier alpha value is -3.41. The lowest BCUT2D eigenvalue weighted by molar-refractivity contribution is -0.120. The van der Waals surface area contributed by atoms with Gasteiger partial charge in [-0.05, 0) is 55.3 Å². The first-order chi connectivity index (χ1) is 12.9. The second kappa shape index (κ2) is 9.33. The number of esters is 1. The predicted octanol–water partition coefficient (Wildman–Crippen LogP) is 3.29.